The Balaban J connectivity index is 2.92. The number of aryl methyl sites for hydroxylation is 1. The van der Waals surface area contributed by atoms with Crippen molar-refractivity contribution in [3.05, 3.63) is 23.5 Å². The Kier molecular flexibility index (Phi) is 2.98. The predicted octanol–water partition coefficient (Wildman–Crippen LogP) is 2.05. The number of pyridine rings is 1. The van der Waals surface area contributed by atoms with Crippen LogP contribution in [0.1, 0.15) is 36.8 Å². The number of carbonyl (C=O) groups excluding carboxylic acids is 1. The Morgan fingerprint density at radius 1 is 1.47 bits per heavy atom. The topological polar surface area (TPSA) is 59.4 Å². The van der Waals surface area contributed by atoms with Crippen LogP contribution in [0.5, 0.6) is 5.75 Å². The van der Waals surface area contributed by atoms with Gasteiger partial charge in [0.15, 0.2) is 5.69 Å². The molecule has 1 aromatic heterocycles. The largest absolute Gasteiger partial charge is 0.505 e. The number of aromatic hydroxyl groups is 1. The maximum absolute atomic E-state index is 11.5. The fraction of sp³-hybridized carbons (Fsp3) is 0.455. The molecular formula is C11H15NO3. The Bertz CT molecular complexity index is 380. The molecule has 0 saturated heterocycles. The smallest absolute Gasteiger partial charge is 0.361 e. The number of aromatic nitrogens is 1. The molecule has 1 heterocycles. The molecule has 0 aromatic carbocycles. The first kappa shape index (κ1) is 11.5. The van der Waals surface area contributed by atoms with Crippen LogP contribution in [0.2, 0.25) is 0 Å². The normalized spacial score (nSPS) is 11.2. The van der Waals surface area contributed by atoms with Crippen LogP contribution in [0, 0.1) is 6.92 Å². The average molecular weight is 209 g/mol. The second kappa shape index (κ2) is 3.88. The van der Waals surface area contributed by atoms with Gasteiger partial charge in [-0.3, -0.25) is 0 Å². The van der Waals surface area contributed by atoms with Gasteiger partial charge >= 0.3 is 5.97 Å². The minimum absolute atomic E-state index is 0.0458. The summed E-state index contributed by atoms with van der Waals surface area (Å²) in [6.07, 6.45) is 1.51. The van der Waals surface area contributed by atoms with Crippen LogP contribution in [0.25, 0.3) is 0 Å². The van der Waals surface area contributed by atoms with Gasteiger partial charge in [-0.2, -0.15) is 0 Å². The van der Waals surface area contributed by atoms with Crippen LogP contribution in [-0.2, 0) is 4.74 Å². The van der Waals surface area contributed by atoms with Crippen molar-refractivity contribution >= 4 is 5.97 Å². The summed E-state index contributed by atoms with van der Waals surface area (Å²) in [7, 11) is 0. The average Bonchev–Trinajstić information content (AvgIpc) is 1.99. The first-order valence-corrected chi connectivity index (χ1v) is 4.68. The quantitative estimate of drug-likeness (QED) is 0.719. The molecule has 0 atom stereocenters. The Morgan fingerprint density at radius 2 is 2.07 bits per heavy atom. The van der Waals surface area contributed by atoms with Crippen LogP contribution in [-0.4, -0.2) is 21.7 Å². The predicted molar refractivity (Wildman–Crippen MR) is 55.8 cm³/mol. The van der Waals surface area contributed by atoms with E-state index in [1.807, 2.05) is 0 Å². The zero-order valence-electron chi connectivity index (χ0n) is 9.37. The van der Waals surface area contributed by atoms with Gasteiger partial charge in [-0.1, -0.05) is 0 Å². The fourth-order valence-electron chi connectivity index (χ4n) is 1.04. The van der Waals surface area contributed by atoms with E-state index in [1.165, 1.54) is 12.3 Å². The van der Waals surface area contributed by atoms with Gasteiger partial charge in [-0.25, -0.2) is 9.78 Å². The van der Waals surface area contributed by atoms with Gasteiger partial charge in [0.25, 0.3) is 0 Å². The van der Waals surface area contributed by atoms with Gasteiger partial charge in [-0.15, -0.1) is 0 Å². The number of rotatable bonds is 1. The summed E-state index contributed by atoms with van der Waals surface area (Å²) >= 11 is 0. The molecule has 1 aromatic rings. The standard InChI is InChI=1S/C11H15NO3/c1-7-5-8(13)9(12-6-7)10(14)15-11(2,3)4/h5-6,13H,1-4H3. The van der Waals surface area contributed by atoms with Gasteiger partial charge in [0.05, 0.1) is 0 Å². The van der Waals surface area contributed by atoms with Crippen molar-refractivity contribution in [3.63, 3.8) is 0 Å². The number of ether oxygens (including phenoxy) is 1. The summed E-state index contributed by atoms with van der Waals surface area (Å²) < 4.78 is 5.08. The summed E-state index contributed by atoms with van der Waals surface area (Å²) in [4.78, 5) is 15.4. The van der Waals surface area contributed by atoms with E-state index in [0.29, 0.717) is 0 Å². The highest BCUT2D eigenvalue weighted by Crippen LogP contribution is 2.19. The zero-order chi connectivity index (χ0) is 11.6. The van der Waals surface area contributed by atoms with Crippen molar-refractivity contribution < 1.29 is 14.6 Å². The molecule has 0 fully saturated rings. The zero-order valence-corrected chi connectivity index (χ0v) is 9.37. The van der Waals surface area contributed by atoms with Crippen LogP contribution < -0.4 is 0 Å². The summed E-state index contributed by atoms with van der Waals surface area (Å²) in [6.45, 7) is 7.06. The van der Waals surface area contributed by atoms with Crippen LogP contribution in [0.3, 0.4) is 0 Å². The second-order valence-corrected chi connectivity index (χ2v) is 4.38. The lowest BCUT2D eigenvalue weighted by Gasteiger charge is -2.19. The molecular weight excluding hydrogens is 194 g/mol. The van der Waals surface area contributed by atoms with E-state index in [2.05, 4.69) is 4.98 Å². The molecule has 1 N–H and O–H groups in total. The van der Waals surface area contributed by atoms with Gasteiger partial charge in [-0.05, 0) is 39.3 Å². The molecule has 4 heteroatoms. The molecule has 0 bridgehead atoms. The lowest BCUT2D eigenvalue weighted by molar-refractivity contribution is 0.00599. The molecule has 0 aliphatic heterocycles. The Hall–Kier alpha value is -1.58. The third kappa shape index (κ3) is 3.23. The lowest BCUT2D eigenvalue weighted by Crippen LogP contribution is -2.24. The third-order valence-electron chi connectivity index (χ3n) is 1.60. The number of carbonyl (C=O) groups is 1. The number of hydrogen-bond donors (Lipinski definition) is 1. The molecule has 1 rings (SSSR count). The SMILES string of the molecule is Cc1cnc(C(=O)OC(C)(C)C)c(O)c1. The maximum Gasteiger partial charge on any atom is 0.361 e. The Labute approximate surface area is 88.9 Å². The molecule has 0 saturated carbocycles. The van der Waals surface area contributed by atoms with E-state index >= 15 is 0 Å². The van der Waals surface area contributed by atoms with Crippen molar-refractivity contribution in [2.24, 2.45) is 0 Å². The molecule has 0 aliphatic rings. The minimum atomic E-state index is -0.611. The van der Waals surface area contributed by atoms with E-state index in [1.54, 1.807) is 27.7 Å². The van der Waals surface area contributed by atoms with E-state index in [-0.39, 0.29) is 11.4 Å². The van der Waals surface area contributed by atoms with Crippen molar-refractivity contribution in [3.8, 4) is 5.75 Å². The van der Waals surface area contributed by atoms with Crippen molar-refractivity contribution in [2.45, 2.75) is 33.3 Å². The van der Waals surface area contributed by atoms with Gasteiger partial charge < -0.3 is 9.84 Å². The molecule has 82 valence electrons. The van der Waals surface area contributed by atoms with Gasteiger partial charge in [0.2, 0.25) is 0 Å². The summed E-state index contributed by atoms with van der Waals surface area (Å²) in [6, 6.07) is 1.48. The lowest BCUT2D eigenvalue weighted by atomic mass is 10.2. The number of esters is 1. The Morgan fingerprint density at radius 3 is 2.53 bits per heavy atom. The minimum Gasteiger partial charge on any atom is -0.505 e. The first-order chi connectivity index (χ1) is 6.79. The highest BCUT2D eigenvalue weighted by molar-refractivity contribution is 5.90. The maximum atomic E-state index is 11.5. The summed E-state index contributed by atoms with van der Waals surface area (Å²) in [5.41, 5.74) is 0.158. The fourth-order valence-corrected chi connectivity index (χ4v) is 1.04. The van der Waals surface area contributed by atoms with E-state index in [0.717, 1.165) is 5.56 Å². The first-order valence-electron chi connectivity index (χ1n) is 4.68. The molecule has 0 unspecified atom stereocenters. The van der Waals surface area contributed by atoms with Crippen LogP contribution >= 0.6 is 0 Å². The molecule has 0 spiro atoms. The van der Waals surface area contributed by atoms with E-state index in [4.69, 9.17) is 4.74 Å². The van der Waals surface area contributed by atoms with Crippen molar-refractivity contribution in [1.82, 2.24) is 4.98 Å². The molecule has 0 aliphatic carbocycles. The molecule has 15 heavy (non-hydrogen) atoms. The van der Waals surface area contributed by atoms with Crippen molar-refractivity contribution in [2.75, 3.05) is 0 Å². The molecule has 4 nitrogen and oxygen atoms in total. The molecule has 0 radical (unpaired) electrons. The second-order valence-electron chi connectivity index (χ2n) is 4.38. The van der Waals surface area contributed by atoms with Crippen LogP contribution in [0.4, 0.5) is 0 Å². The van der Waals surface area contributed by atoms with E-state index < -0.39 is 11.6 Å². The van der Waals surface area contributed by atoms with Crippen molar-refractivity contribution in [1.29, 1.82) is 0 Å². The molecule has 0 amide bonds. The summed E-state index contributed by atoms with van der Waals surface area (Å²) in [5, 5.41) is 9.50. The van der Waals surface area contributed by atoms with Gasteiger partial charge in [0, 0.05) is 6.20 Å². The van der Waals surface area contributed by atoms with E-state index in [9.17, 15) is 9.90 Å². The monoisotopic (exact) mass is 209 g/mol. The highest BCUT2D eigenvalue weighted by Gasteiger charge is 2.21. The third-order valence-corrected chi connectivity index (χ3v) is 1.60. The number of nitrogens with zero attached hydrogens (tertiary/aromatic N) is 1. The highest BCUT2D eigenvalue weighted by atomic mass is 16.6. The van der Waals surface area contributed by atoms with Gasteiger partial charge in [0.1, 0.15) is 11.4 Å². The van der Waals surface area contributed by atoms with Crippen LogP contribution in [0.15, 0.2) is 12.3 Å². The summed E-state index contributed by atoms with van der Waals surface area (Å²) in [5.74, 6) is -0.760. The number of hydrogen-bond acceptors (Lipinski definition) is 4.